The molecular weight excluding hydrogens is 280 g/mol. The van der Waals surface area contributed by atoms with Crippen molar-refractivity contribution in [2.45, 2.75) is 19.2 Å². The zero-order valence-electron chi connectivity index (χ0n) is 11.4. The number of alkyl halides is 1. The summed E-state index contributed by atoms with van der Waals surface area (Å²) in [4.78, 5) is 16.1. The molecule has 0 aliphatic heterocycles. The van der Waals surface area contributed by atoms with E-state index in [1.165, 1.54) is 7.11 Å². The van der Waals surface area contributed by atoms with Crippen LogP contribution in [0.2, 0.25) is 0 Å². The topological polar surface area (TPSA) is 79.9 Å². The van der Waals surface area contributed by atoms with E-state index in [2.05, 4.69) is 20.5 Å². The first kappa shape index (κ1) is 14.3. The zero-order chi connectivity index (χ0) is 14.7. The minimum absolute atomic E-state index is 0.292. The third kappa shape index (κ3) is 2.91. The SMILES string of the molecule is COc1nc(C)cc(NC(=O)C(C)Cl)c1-c1ccn[nH]1. The number of carbonyl (C=O) groups excluding carboxylic acids is 1. The molecule has 1 amide bonds. The highest BCUT2D eigenvalue weighted by Gasteiger charge is 2.19. The second-order valence-corrected chi connectivity index (χ2v) is 4.93. The van der Waals surface area contributed by atoms with E-state index in [-0.39, 0.29) is 5.91 Å². The van der Waals surface area contributed by atoms with Crippen LogP contribution >= 0.6 is 11.6 Å². The Bertz CT molecular complexity index is 611. The molecule has 0 fully saturated rings. The maximum atomic E-state index is 11.8. The number of carbonyl (C=O) groups is 1. The molecule has 0 aliphatic rings. The monoisotopic (exact) mass is 294 g/mol. The highest BCUT2D eigenvalue weighted by molar-refractivity contribution is 6.32. The van der Waals surface area contributed by atoms with E-state index in [0.717, 1.165) is 5.69 Å². The molecule has 7 heteroatoms. The number of pyridine rings is 1. The van der Waals surface area contributed by atoms with Crippen LogP contribution < -0.4 is 10.1 Å². The molecule has 0 radical (unpaired) electrons. The predicted octanol–water partition coefficient (Wildman–Crippen LogP) is 2.35. The fraction of sp³-hybridized carbons (Fsp3) is 0.308. The van der Waals surface area contributed by atoms with Gasteiger partial charge in [-0.05, 0) is 26.0 Å². The molecule has 1 atom stereocenters. The van der Waals surface area contributed by atoms with Gasteiger partial charge in [0, 0.05) is 11.9 Å². The van der Waals surface area contributed by atoms with Crippen LogP contribution in [0.5, 0.6) is 5.88 Å². The van der Waals surface area contributed by atoms with Crippen LogP contribution in [0.25, 0.3) is 11.3 Å². The molecule has 6 nitrogen and oxygen atoms in total. The Morgan fingerprint density at radius 3 is 2.85 bits per heavy atom. The maximum absolute atomic E-state index is 11.8. The molecule has 0 saturated heterocycles. The van der Waals surface area contributed by atoms with Crippen molar-refractivity contribution in [2.75, 3.05) is 12.4 Å². The second kappa shape index (κ2) is 5.92. The molecule has 0 aliphatic carbocycles. The lowest BCUT2D eigenvalue weighted by molar-refractivity contribution is -0.115. The lowest BCUT2D eigenvalue weighted by atomic mass is 10.1. The highest BCUT2D eigenvalue weighted by Crippen LogP contribution is 2.34. The van der Waals surface area contributed by atoms with Gasteiger partial charge in [0.2, 0.25) is 11.8 Å². The van der Waals surface area contributed by atoms with E-state index in [9.17, 15) is 4.79 Å². The van der Waals surface area contributed by atoms with E-state index >= 15 is 0 Å². The van der Waals surface area contributed by atoms with Crippen molar-refractivity contribution >= 4 is 23.2 Å². The van der Waals surface area contributed by atoms with Gasteiger partial charge in [-0.25, -0.2) is 4.98 Å². The van der Waals surface area contributed by atoms with E-state index in [0.29, 0.717) is 22.8 Å². The molecule has 0 saturated carbocycles. The Hall–Kier alpha value is -2.08. The number of aromatic amines is 1. The number of aromatic nitrogens is 3. The number of methoxy groups -OCH3 is 1. The number of nitrogens with one attached hydrogen (secondary N) is 2. The molecule has 0 aromatic carbocycles. The normalized spacial score (nSPS) is 12.0. The quantitative estimate of drug-likeness (QED) is 0.848. The van der Waals surface area contributed by atoms with E-state index in [1.54, 1.807) is 25.3 Å². The zero-order valence-corrected chi connectivity index (χ0v) is 12.2. The second-order valence-electron chi connectivity index (χ2n) is 4.27. The maximum Gasteiger partial charge on any atom is 0.242 e. The fourth-order valence-corrected chi connectivity index (χ4v) is 1.83. The van der Waals surface area contributed by atoms with Crippen molar-refractivity contribution in [1.29, 1.82) is 0 Å². The third-order valence-electron chi connectivity index (χ3n) is 2.70. The minimum Gasteiger partial charge on any atom is -0.480 e. The number of hydrogen-bond donors (Lipinski definition) is 2. The minimum atomic E-state index is -0.635. The third-order valence-corrected chi connectivity index (χ3v) is 2.90. The number of nitrogens with zero attached hydrogens (tertiary/aromatic N) is 2. The van der Waals surface area contributed by atoms with Crippen molar-refractivity contribution in [1.82, 2.24) is 15.2 Å². The van der Waals surface area contributed by atoms with Crippen molar-refractivity contribution in [2.24, 2.45) is 0 Å². The molecular formula is C13H15ClN4O2. The Labute approximate surface area is 121 Å². The first-order valence-corrected chi connectivity index (χ1v) is 6.47. The Kier molecular flexibility index (Phi) is 4.24. The van der Waals surface area contributed by atoms with Crippen LogP contribution in [0.15, 0.2) is 18.3 Å². The van der Waals surface area contributed by atoms with Crippen LogP contribution in [0.1, 0.15) is 12.6 Å². The van der Waals surface area contributed by atoms with Gasteiger partial charge in [-0.3, -0.25) is 9.89 Å². The van der Waals surface area contributed by atoms with Gasteiger partial charge in [0.05, 0.1) is 24.1 Å². The first-order chi connectivity index (χ1) is 9.52. The van der Waals surface area contributed by atoms with Crippen LogP contribution in [0.4, 0.5) is 5.69 Å². The summed E-state index contributed by atoms with van der Waals surface area (Å²) < 4.78 is 5.29. The molecule has 2 heterocycles. The number of halogens is 1. The predicted molar refractivity (Wildman–Crippen MR) is 77.1 cm³/mol. The van der Waals surface area contributed by atoms with Gasteiger partial charge >= 0.3 is 0 Å². The molecule has 2 N–H and O–H groups in total. The number of H-pyrrole nitrogens is 1. The van der Waals surface area contributed by atoms with E-state index < -0.39 is 5.38 Å². The Balaban J connectivity index is 2.54. The summed E-state index contributed by atoms with van der Waals surface area (Å²) in [5, 5.41) is 8.88. The first-order valence-electron chi connectivity index (χ1n) is 6.03. The summed E-state index contributed by atoms with van der Waals surface area (Å²) in [5.74, 6) is 0.117. The average molecular weight is 295 g/mol. The van der Waals surface area contributed by atoms with Crippen LogP contribution in [-0.2, 0) is 4.79 Å². The number of aryl methyl sites for hydroxylation is 1. The van der Waals surface area contributed by atoms with Gasteiger partial charge in [0.15, 0.2) is 0 Å². The van der Waals surface area contributed by atoms with Crippen molar-refractivity contribution in [3.63, 3.8) is 0 Å². The number of rotatable bonds is 4. The molecule has 0 bridgehead atoms. The number of amides is 1. The molecule has 20 heavy (non-hydrogen) atoms. The Morgan fingerprint density at radius 1 is 1.55 bits per heavy atom. The smallest absolute Gasteiger partial charge is 0.242 e. The van der Waals surface area contributed by atoms with E-state index in [1.807, 2.05) is 6.92 Å². The number of anilines is 1. The van der Waals surface area contributed by atoms with Crippen molar-refractivity contribution < 1.29 is 9.53 Å². The van der Waals surface area contributed by atoms with Gasteiger partial charge in [-0.2, -0.15) is 5.10 Å². The molecule has 0 spiro atoms. The molecule has 1 unspecified atom stereocenters. The van der Waals surface area contributed by atoms with Gasteiger partial charge in [-0.1, -0.05) is 0 Å². The highest BCUT2D eigenvalue weighted by atomic mass is 35.5. The van der Waals surface area contributed by atoms with Crippen LogP contribution in [-0.4, -0.2) is 33.6 Å². The standard InChI is InChI=1S/C13H15ClN4O2/c1-7-6-10(17-12(19)8(2)14)11(13(16-7)20-3)9-4-5-15-18-9/h4-6,8H,1-3H3,(H,15,18)(H,16,17,19). The molecule has 106 valence electrons. The molecule has 2 aromatic rings. The number of ether oxygens (including phenoxy) is 1. The van der Waals surface area contributed by atoms with Gasteiger partial charge < -0.3 is 10.1 Å². The Morgan fingerprint density at radius 2 is 2.30 bits per heavy atom. The van der Waals surface area contributed by atoms with Crippen LogP contribution in [0, 0.1) is 6.92 Å². The van der Waals surface area contributed by atoms with Gasteiger partial charge in [0.25, 0.3) is 0 Å². The van der Waals surface area contributed by atoms with Crippen LogP contribution in [0.3, 0.4) is 0 Å². The number of hydrogen-bond acceptors (Lipinski definition) is 4. The largest absolute Gasteiger partial charge is 0.480 e. The summed E-state index contributed by atoms with van der Waals surface area (Å²) in [6.45, 7) is 3.43. The van der Waals surface area contributed by atoms with Gasteiger partial charge in [-0.15, -0.1) is 11.6 Å². The average Bonchev–Trinajstić information content (AvgIpc) is 2.91. The lowest BCUT2D eigenvalue weighted by Gasteiger charge is -2.14. The van der Waals surface area contributed by atoms with Crippen molar-refractivity contribution in [3.05, 3.63) is 24.0 Å². The van der Waals surface area contributed by atoms with Gasteiger partial charge in [0.1, 0.15) is 5.38 Å². The summed E-state index contributed by atoms with van der Waals surface area (Å²) >= 11 is 5.79. The van der Waals surface area contributed by atoms with E-state index in [4.69, 9.17) is 16.3 Å². The molecule has 2 aromatic heterocycles. The summed E-state index contributed by atoms with van der Waals surface area (Å²) in [7, 11) is 1.53. The van der Waals surface area contributed by atoms with Crippen molar-refractivity contribution in [3.8, 4) is 17.1 Å². The summed E-state index contributed by atoms with van der Waals surface area (Å²) in [5.41, 5.74) is 2.65. The summed E-state index contributed by atoms with van der Waals surface area (Å²) in [6, 6.07) is 3.53. The fourth-order valence-electron chi connectivity index (χ4n) is 1.78. The summed E-state index contributed by atoms with van der Waals surface area (Å²) in [6.07, 6.45) is 1.62. The molecule has 2 rings (SSSR count). The lowest BCUT2D eigenvalue weighted by Crippen LogP contribution is -2.21.